The van der Waals surface area contributed by atoms with Crippen molar-refractivity contribution >= 4 is 0 Å². The summed E-state index contributed by atoms with van der Waals surface area (Å²) in [4.78, 5) is 0. The van der Waals surface area contributed by atoms with Crippen molar-refractivity contribution in [3.05, 3.63) is 48.6 Å². The molecule has 0 radical (unpaired) electrons. The van der Waals surface area contributed by atoms with Gasteiger partial charge in [0.1, 0.15) is 6.10 Å². The Labute approximate surface area is 164 Å². The van der Waals surface area contributed by atoms with Gasteiger partial charge in [0.25, 0.3) is 0 Å². The molecular formula is C23H36O4. The maximum Gasteiger partial charge on any atom is 0.161 e. The van der Waals surface area contributed by atoms with Crippen molar-refractivity contribution in [2.45, 2.75) is 71.1 Å². The molecule has 0 aromatic heterocycles. The third kappa shape index (κ3) is 7.38. The number of allylic oxidation sites excluding steroid dienone is 1. The summed E-state index contributed by atoms with van der Waals surface area (Å²) in [5.41, 5.74) is 1.12. The number of aliphatic hydroxyl groups excluding tert-OH is 1. The van der Waals surface area contributed by atoms with Crippen molar-refractivity contribution in [3.63, 3.8) is 0 Å². The Balaban J connectivity index is 1.72. The first-order valence-corrected chi connectivity index (χ1v) is 10.3. The Kier molecular flexibility index (Phi) is 10.1. The van der Waals surface area contributed by atoms with Crippen LogP contribution in [0.3, 0.4) is 0 Å². The molecule has 2 unspecified atom stereocenters. The lowest BCUT2D eigenvalue weighted by molar-refractivity contribution is -0.271. The maximum absolute atomic E-state index is 10.5. The first-order chi connectivity index (χ1) is 13.1. The van der Waals surface area contributed by atoms with Gasteiger partial charge in [-0.2, -0.15) is 0 Å². The Bertz CT molecular complexity index is 518. The molecule has 152 valence electrons. The van der Waals surface area contributed by atoms with Gasteiger partial charge in [0, 0.05) is 12.5 Å². The van der Waals surface area contributed by atoms with E-state index in [0.29, 0.717) is 19.8 Å². The molecule has 0 saturated carbocycles. The summed E-state index contributed by atoms with van der Waals surface area (Å²) in [5.74, 6) is 0.271. The molecule has 5 atom stereocenters. The van der Waals surface area contributed by atoms with Crippen molar-refractivity contribution in [1.29, 1.82) is 0 Å². The van der Waals surface area contributed by atoms with Gasteiger partial charge >= 0.3 is 0 Å². The van der Waals surface area contributed by atoms with Crippen molar-refractivity contribution < 1.29 is 19.3 Å². The molecule has 1 aliphatic heterocycles. The summed E-state index contributed by atoms with van der Waals surface area (Å²) in [6.07, 6.45) is 6.51. The van der Waals surface area contributed by atoms with E-state index in [4.69, 9.17) is 14.2 Å². The molecule has 4 heteroatoms. The van der Waals surface area contributed by atoms with Crippen LogP contribution in [-0.4, -0.2) is 36.8 Å². The lowest BCUT2D eigenvalue weighted by Gasteiger charge is -2.42. The van der Waals surface area contributed by atoms with Crippen LogP contribution in [0.2, 0.25) is 0 Å². The quantitative estimate of drug-likeness (QED) is 0.424. The minimum atomic E-state index is -0.533. The smallest absolute Gasteiger partial charge is 0.161 e. The number of benzene rings is 1. The van der Waals surface area contributed by atoms with Crippen LogP contribution in [0, 0.1) is 11.8 Å². The lowest BCUT2D eigenvalue weighted by Crippen LogP contribution is -2.51. The summed E-state index contributed by atoms with van der Waals surface area (Å²) in [6.45, 7) is 9.49. The molecule has 1 aromatic rings. The van der Waals surface area contributed by atoms with Gasteiger partial charge in [-0.3, -0.25) is 0 Å². The van der Waals surface area contributed by atoms with E-state index in [-0.39, 0.29) is 24.2 Å². The van der Waals surface area contributed by atoms with E-state index >= 15 is 0 Å². The van der Waals surface area contributed by atoms with Gasteiger partial charge in [-0.05, 0) is 30.7 Å². The number of ether oxygens (including phenoxy) is 3. The third-order valence-electron chi connectivity index (χ3n) is 5.47. The van der Waals surface area contributed by atoms with E-state index in [2.05, 4.69) is 20.4 Å². The van der Waals surface area contributed by atoms with Gasteiger partial charge in [0.05, 0.1) is 19.3 Å². The second kappa shape index (κ2) is 12.3. The Morgan fingerprint density at radius 1 is 1.07 bits per heavy atom. The number of rotatable bonds is 12. The Hall–Kier alpha value is -1.20. The van der Waals surface area contributed by atoms with Crippen LogP contribution in [0.15, 0.2) is 43.0 Å². The van der Waals surface area contributed by atoms with Gasteiger partial charge in [-0.1, -0.05) is 63.1 Å². The highest BCUT2D eigenvalue weighted by Crippen LogP contribution is 2.31. The molecule has 0 amide bonds. The van der Waals surface area contributed by atoms with E-state index in [1.54, 1.807) is 0 Å². The molecule has 1 saturated heterocycles. The SMILES string of the molecule is C=CCCCCCCO[C@@H]1OC(COCc2ccccc2)[C@H](O)[C@H](C)C1C. The minimum absolute atomic E-state index is 0.113. The largest absolute Gasteiger partial charge is 0.390 e. The van der Waals surface area contributed by atoms with E-state index in [1.165, 1.54) is 12.8 Å². The Morgan fingerprint density at radius 3 is 2.56 bits per heavy atom. The fraction of sp³-hybridized carbons (Fsp3) is 0.652. The van der Waals surface area contributed by atoms with Gasteiger partial charge in [-0.25, -0.2) is 0 Å². The third-order valence-corrected chi connectivity index (χ3v) is 5.47. The highest BCUT2D eigenvalue weighted by Gasteiger charge is 2.41. The highest BCUT2D eigenvalue weighted by molar-refractivity contribution is 5.13. The minimum Gasteiger partial charge on any atom is -0.390 e. The van der Waals surface area contributed by atoms with E-state index in [9.17, 15) is 5.11 Å². The van der Waals surface area contributed by atoms with Crippen molar-refractivity contribution in [2.75, 3.05) is 13.2 Å². The lowest BCUT2D eigenvalue weighted by atomic mass is 9.85. The van der Waals surface area contributed by atoms with Crippen molar-refractivity contribution in [3.8, 4) is 0 Å². The van der Waals surface area contributed by atoms with Crippen LogP contribution in [0.4, 0.5) is 0 Å². The van der Waals surface area contributed by atoms with E-state index < -0.39 is 6.10 Å². The van der Waals surface area contributed by atoms with Gasteiger partial charge in [-0.15, -0.1) is 6.58 Å². The normalized spacial score (nSPS) is 28.2. The summed E-state index contributed by atoms with van der Waals surface area (Å²) >= 11 is 0. The van der Waals surface area contributed by atoms with Gasteiger partial charge in [0.2, 0.25) is 0 Å². The molecule has 2 rings (SSSR count). The van der Waals surface area contributed by atoms with Crippen LogP contribution in [0.1, 0.15) is 51.5 Å². The van der Waals surface area contributed by atoms with Crippen LogP contribution in [0.5, 0.6) is 0 Å². The predicted octanol–water partition coefficient (Wildman–Crippen LogP) is 4.71. The average Bonchev–Trinajstić information content (AvgIpc) is 2.69. The molecule has 1 heterocycles. The topological polar surface area (TPSA) is 47.9 Å². The summed E-state index contributed by atoms with van der Waals surface area (Å²) < 4.78 is 17.9. The van der Waals surface area contributed by atoms with Crippen molar-refractivity contribution in [2.24, 2.45) is 11.8 Å². The van der Waals surface area contributed by atoms with Crippen LogP contribution in [-0.2, 0) is 20.8 Å². The van der Waals surface area contributed by atoms with E-state index in [1.807, 2.05) is 36.4 Å². The molecule has 0 spiro atoms. The van der Waals surface area contributed by atoms with Crippen LogP contribution in [0.25, 0.3) is 0 Å². The monoisotopic (exact) mass is 376 g/mol. The zero-order chi connectivity index (χ0) is 19.5. The molecule has 0 bridgehead atoms. The molecular weight excluding hydrogens is 340 g/mol. The molecule has 1 fully saturated rings. The summed E-state index contributed by atoms with van der Waals surface area (Å²) in [6, 6.07) is 10.0. The van der Waals surface area contributed by atoms with Crippen LogP contribution < -0.4 is 0 Å². The fourth-order valence-corrected chi connectivity index (χ4v) is 3.41. The van der Waals surface area contributed by atoms with Gasteiger partial charge in [0.15, 0.2) is 6.29 Å². The average molecular weight is 377 g/mol. The summed E-state index contributed by atoms with van der Waals surface area (Å²) in [5, 5.41) is 10.5. The molecule has 0 aliphatic carbocycles. The molecule has 1 N–H and O–H groups in total. The number of aliphatic hydroxyl groups is 1. The molecule has 27 heavy (non-hydrogen) atoms. The first-order valence-electron chi connectivity index (χ1n) is 10.3. The molecule has 1 aliphatic rings. The van der Waals surface area contributed by atoms with Crippen LogP contribution >= 0.6 is 0 Å². The predicted molar refractivity (Wildman–Crippen MR) is 108 cm³/mol. The second-order valence-corrected chi connectivity index (χ2v) is 7.61. The number of hydrogen-bond donors (Lipinski definition) is 1. The number of unbranched alkanes of at least 4 members (excludes halogenated alkanes) is 4. The zero-order valence-corrected chi connectivity index (χ0v) is 16.9. The highest BCUT2D eigenvalue weighted by atomic mass is 16.7. The first kappa shape index (κ1) is 22.1. The zero-order valence-electron chi connectivity index (χ0n) is 16.9. The number of hydrogen-bond acceptors (Lipinski definition) is 4. The molecule has 1 aromatic carbocycles. The van der Waals surface area contributed by atoms with Crippen molar-refractivity contribution in [1.82, 2.24) is 0 Å². The fourth-order valence-electron chi connectivity index (χ4n) is 3.41. The summed E-state index contributed by atoms with van der Waals surface area (Å²) in [7, 11) is 0. The molecule has 4 nitrogen and oxygen atoms in total. The van der Waals surface area contributed by atoms with E-state index in [0.717, 1.165) is 24.8 Å². The second-order valence-electron chi connectivity index (χ2n) is 7.61. The Morgan fingerprint density at radius 2 is 1.81 bits per heavy atom. The maximum atomic E-state index is 10.5. The van der Waals surface area contributed by atoms with Gasteiger partial charge < -0.3 is 19.3 Å². The standard InChI is InChI=1S/C23H36O4/c1-4-5-6-7-8-12-15-26-23-19(3)18(2)22(24)21(27-23)17-25-16-20-13-10-9-11-14-20/h4,9-11,13-14,18-19,21-24H,1,5-8,12,15-17H2,2-3H3/t18-,19?,21?,22-,23-/m1/s1.